The second-order valence-electron chi connectivity index (χ2n) is 17.0. The van der Waals surface area contributed by atoms with E-state index < -0.39 is 0 Å². The summed E-state index contributed by atoms with van der Waals surface area (Å²) in [5.41, 5.74) is 14.3. The summed E-state index contributed by atoms with van der Waals surface area (Å²) in [5, 5.41) is 27.2. The van der Waals surface area contributed by atoms with Crippen molar-refractivity contribution in [1.29, 1.82) is 5.26 Å². The van der Waals surface area contributed by atoms with Gasteiger partial charge in [-0.05, 0) is 141 Å². The molecule has 2 aliphatic heterocycles. The van der Waals surface area contributed by atoms with Gasteiger partial charge in [0, 0.05) is 33.1 Å². The van der Waals surface area contributed by atoms with Gasteiger partial charge < -0.3 is 9.13 Å². The molecule has 0 radical (unpaired) electrons. The monoisotopic (exact) mass is 766 g/mol. The number of hydrogen-bond donors (Lipinski definition) is 0. The van der Waals surface area contributed by atoms with Gasteiger partial charge in [-0.3, -0.25) is 0 Å². The van der Waals surface area contributed by atoms with Gasteiger partial charge >= 0.3 is 0 Å². The molecule has 0 saturated heterocycles. The van der Waals surface area contributed by atoms with Crippen LogP contribution in [0, 0.1) is 17.9 Å². The Labute approximate surface area is 348 Å². The molecule has 61 heavy (non-hydrogen) atoms. The standard InChI is InChI=1S/C56H27BN4/c1-59-39-18-20-47-43(28-39)53-41-12-5-3-8-34(41)25-45-56(53)61(47)49-27-38(37-22-35-16-14-31-9-6-10-32-15-17-36(23-37)51(35)50(31)32)26-48-54(49)57(45)44-24-33-7-2-4-11-40(33)52-42-21-30(29-58)13-19-46(42)60(48)55(44)52/h2-28H. The van der Waals surface area contributed by atoms with Crippen LogP contribution in [0.2, 0.25) is 0 Å². The lowest BCUT2D eigenvalue weighted by Gasteiger charge is -2.34. The second-order valence-corrected chi connectivity index (χ2v) is 17.0. The van der Waals surface area contributed by atoms with Crippen LogP contribution in [0.1, 0.15) is 5.56 Å². The van der Waals surface area contributed by atoms with Crippen molar-refractivity contribution >= 4 is 126 Å². The average Bonchev–Trinajstić information content (AvgIpc) is 3.84. The van der Waals surface area contributed by atoms with Crippen molar-refractivity contribution in [2.24, 2.45) is 0 Å². The summed E-state index contributed by atoms with van der Waals surface area (Å²) >= 11 is 0. The lowest BCUT2D eigenvalue weighted by atomic mass is 9.34. The Bertz CT molecular complexity index is 4060. The summed E-state index contributed by atoms with van der Waals surface area (Å²) in [7, 11) is 0. The van der Waals surface area contributed by atoms with E-state index in [1.807, 2.05) is 12.1 Å². The molecule has 0 aliphatic carbocycles. The zero-order valence-electron chi connectivity index (χ0n) is 32.5. The number of aromatic nitrogens is 2. The first-order valence-electron chi connectivity index (χ1n) is 20.8. The van der Waals surface area contributed by atoms with E-state index in [-0.39, 0.29) is 6.71 Å². The molecule has 0 bridgehead atoms. The fourth-order valence-electron chi connectivity index (χ4n) is 11.8. The van der Waals surface area contributed by atoms with Gasteiger partial charge in [-0.2, -0.15) is 5.26 Å². The summed E-state index contributed by atoms with van der Waals surface area (Å²) in [5.74, 6) is 0. The van der Waals surface area contributed by atoms with Gasteiger partial charge in [-0.15, -0.1) is 0 Å². The van der Waals surface area contributed by atoms with Crippen LogP contribution < -0.4 is 16.4 Å². The molecule has 0 unspecified atom stereocenters. The molecule has 0 N–H and O–H groups in total. The predicted molar refractivity (Wildman–Crippen MR) is 255 cm³/mol. The van der Waals surface area contributed by atoms with Crippen LogP contribution in [0.15, 0.2) is 164 Å². The van der Waals surface area contributed by atoms with Crippen LogP contribution in [0.4, 0.5) is 5.69 Å². The Morgan fingerprint density at radius 3 is 1.59 bits per heavy atom. The molecule has 15 rings (SSSR count). The number of nitrogens with zero attached hydrogens (tertiary/aromatic N) is 4. The number of nitriles is 1. The van der Waals surface area contributed by atoms with Crippen LogP contribution in [-0.4, -0.2) is 15.8 Å². The van der Waals surface area contributed by atoms with Gasteiger partial charge in [0.05, 0.1) is 34.8 Å². The Kier molecular flexibility index (Phi) is 5.60. The number of benzene rings is 11. The molecule has 2 aromatic heterocycles. The lowest BCUT2D eigenvalue weighted by Crippen LogP contribution is -2.59. The van der Waals surface area contributed by atoms with Gasteiger partial charge in [0.2, 0.25) is 0 Å². The maximum Gasteiger partial charge on any atom is 0.252 e. The van der Waals surface area contributed by atoms with E-state index in [4.69, 9.17) is 6.57 Å². The fraction of sp³-hybridized carbons (Fsp3) is 0. The largest absolute Gasteiger partial charge is 0.310 e. The number of fused-ring (bicyclic) bond motifs is 14. The van der Waals surface area contributed by atoms with Gasteiger partial charge in [0.15, 0.2) is 5.69 Å². The Balaban J connectivity index is 1.17. The lowest BCUT2D eigenvalue weighted by molar-refractivity contribution is 1.14. The van der Waals surface area contributed by atoms with E-state index in [0.717, 1.165) is 44.3 Å². The third kappa shape index (κ3) is 3.77. The molecule has 0 amide bonds. The van der Waals surface area contributed by atoms with Crippen molar-refractivity contribution in [1.82, 2.24) is 9.13 Å². The molecule has 4 nitrogen and oxygen atoms in total. The van der Waals surface area contributed by atoms with Crippen molar-refractivity contribution in [3.05, 3.63) is 181 Å². The normalized spacial score (nSPS) is 12.9. The van der Waals surface area contributed by atoms with Gasteiger partial charge in [-0.25, -0.2) is 4.85 Å². The highest BCUT2D eigenvalue weighted by Gasteiger charge is 2.42. The average molecular weight is 767 g/mol. The molecule has 0 spiro atoms. The van der Waals surface area contributed by atoms with Crippen molar-refractivity contribution in [2.75, 3.05) is 0 Å². The minimum Gasteiger partial charge on any atom is -0.310 e. The zero-order chi connectivity index (χ0) is 39.8. The Morgan fingerprint density at radius 1 is 0.459 bits per heavy atom. The molecule has 4 heterocycles. The maximum atomic E-state index is 10.2. The summed E-state index contributed by atoms with van der Waals surface area (Å²) in [4.78, 5) is 3.93. The van der Waals surface area contributed by atoms with Crippen LogP contribution in [-0.2, 0) is 0 Å². The van der Waals surface area contributed by atoms with E-state index in [1.54, 1.807) is 0 Å². The molecule has 13 aromatic rings. The zero-order valence-corrected chi connectivity index (χ0v) is 32.5. The first kappa shape index (κ1) is 31.6. The van der Waals surface area contributed by atoms with Crippen molar-refractivity contribution in [2.45, 2.75) is 0 Å². The predicted octanol–water partition coefficient (Wildman–Crippen LogP) is 12.3. The van der Waals surface area contributed by atoms with E-state index in [9.17, 15) is 5.26 Å². The first-order valence-corrected chi connectivity index (χ1v) is 20.8. The van der Waals surface area contributed by atoms with Crippen LogP contribution in [0.25, 0.3) is 125 Å². The molecule has 5 heteroatoms. The molecule has 274 valence electrons. The number of rotatable bonds is 1. The van der Waals surface area contributed by atoms with Crippen molar-refractivity contribution in [3.8, 4) is 28.6 Å². The Morgan fingerprint density at radius 2 is 0.984 bits per heavy atom. The van der Waals surface area contributed by atoms with Crippen LogP contribution >= 0.6 is 0 Å². The summed E-state index contributed by atoms with van der Waals surface area (Å²) in [6, 6.07) is 62.5. The molecule has 0 atom stereocenters. The molecular formula is C56H27BN4. The van der Waals surface area contributed by atoms with Crippen LogP contribution in [0.3, 0.4) is 0 Å². The summed E-state index contributed by atoms with van der Waals surface area (Å²) in [6.07, 6.45) is 0. The smallest absolute Gasteiger partial charge is 0.252 e. The number of hydrogen-bond acceptors (Lipinski definition) is 1. The second kappa shape index (κ2) is 10.8. The van der Waals surface area contributed by atoms with E-state index >= 15 is 0 Å². The van der Waals surface area contributed by atoms with Gasteiger partial charge in [-0.1, -0.05) is 109 Å². The minimum absolute atomic E-state index is 0.0758. The maximum absolute atomic E-state index is 10.2. The van der Waals surface area contributed by atoms with E-state index in [0.29, 0.717) is 11.3 Å². The van der Waals surface area contributed by atoms with Crippen molar-refractivity contribution in [3.63, 3.8) is 0 Å². The molecule has 0 saturated carbocycles. The summed E-state index contributed by atoms with van der Waals surface area (Å²) < 4.78 is 5.01. The SMILES string of the molecule is [C-]#[N+]c1ccc2c(c1)c1c3ccccc3cc3c1n2-c1cc(-c2cc4ccc5cccc6ccc(c2)c4c56)cc2c1B3c1cc3ccccc3c3c4cc(C#N)ccc4n-2c13. The van der Waals surface area contributed by atoms with E-state index in [2.05, 4.69) is 172 Å². The minimum atomic E-state index is -0.0758. The third-order valence-electron chi connectivity index (χ3n) is 14.1. The van der Waals surface area contributed by atoms with Gasteiger partial charge in [0.25, 0.3) is 6.71 Å². The van der Waals surface area contributed by atoms with E-state index in [1.165, 1.54) is 92.1 Å². The summed E-state index contributed by atoms with van der Waals surface area (Å²) in [6.45, 7) is 7.97. The quantitative estimate of drug-likeness (QED) is 0.0931. The molecule has 0 fully saturated rings. The van der Waals surface area contributed by atoms with Crippen LogP contribution in [0.5, 0.6) is 0 Å². The Hall–Kier alpha value is -8.38. The highest BCUT2D eigenvalue weighted by Crippen LogP contribution is 2.45. The first-order chi connectivity index (χ1) is 30.1. The highest BCUT2D eigenvalue weighted by atomic mass is 15.0. The highest BCUT2D eigenvalue weighted by molar-refractivity contribution is 7.00. The molecule has 2 aliphatic rings. The third-order valence-corrected chi connectivity index (χ3v) is 14.1. The molecule has 11 aromatic carbocycles. The topological polar surface area (TPSA) is 38.0 Å². The molecular weight excluding hydrogens is 739 g/mol. The van der Waals surface area contributed by atoms with Gasteiger partial charge in [0.1, 0.15) is 0 Å². The fourth-order valence-corrected chi connectivity index (χ4v) is 11.8. The van der Waals surface area contributed by atoms with Crippen molar-refractivity contribution < 1.29 is 0 Å².